The van der Waals surface area contributed by atoms with E-state index in [1.807, 2.05) is 0 Å². The lowest BCUT2D eigenvalue weighted by atomic mass is 10.1. The van der Waals surface area contributed by atoms with Gasteiger partial charge in [0.15, 0.2) is 0 Å². The van der Waals surface area contributed by atoms with E-state index in [-0.39, 0.29) is 24.6 Å². The van der Waals surface area contributed by atoms with Gasteiger partial charge in [-0.25, -0.2) is 4.39 Å². The van der Waals surface area contributed by atoms with E-state index in [1.165, 1.54) is 0 Å². The Balaban J connectivity index is 2.78. The van der Waals surface area contributed by atoms with Crippen molar-refractivity contribution in [1.29, 1.82) is 0 Å². The summed E-state index contributed by atoms with van der Waals surface area (Å²) in [5, 5.41) is 21.6. The van der Waals surface area contributed by atoms with Crippen molar-refractivity contribution in [2.75, 3.05) is 13.2 Å². The molecule has 0 aliphatic heterocycles. The van der Waals surface area contributed by atoms with E-state index >= 15 is 0 Å². The standard InChI is InChI=1S/C11H13FN2O4/c1-7(6-15)5-13-11(16)9-3-2-8(14(17)18)4-10(9)12/h2-4,7,15H,5-6H2,1H3,(H,13,16). The van der Waals surface area contributed by atoms with Crippen LogP contribution in [0.5, 0.6) is 0 Å². The number of hydrogen-bond donors (Lipinski definition) is 2. The lowest BCUT2D eigenvalue weighted by Crippen LogP contribution is -2.30. The van der Waals surface area contributed by atoms with Crippen LogP contribution in [0.2, 0.25) is 0 Å². The van der Waals surface area contributed by atoms with Crippen LogP contribution in [-0.2, 0) is 0 Å². The quantitative estimate of drug-likeness (QED) is 0.609. The molecule has 1 unspecified atom stereocenters. The molecule has 0 bridgehead atoms. The SMILES string of the molecule is CC(CO)CNC(=O)c1ccc([N+](=O)[O-])cc1F. The summed E-state index contributed by atoms with van der Waals surface area (Å²) < 4.78 is 13.5. The van der Waals surface area contributed by atoms with Crippen molar-refractivity contribution in [1.82, 2.24) is 5.32 Å². The number of benzene rings is 1. The Kier molecular flexibility index (Phi) is 4.73. The molecule has 18 heavy (non-hydrogen) atoms. The van der Waals surface area contributed by atoms with E-state index in [0.717, 1.165) is 12.1 Å². The van der Waals surface area contributed by atoms with Crippen molar-refractivity contribution in [3.05, 3.63) is 39.7 Å². The normalized spacial score (nSPS) is 11.9. The minimum Gasteiger partial charge on any atom is -0.396 e. The van der Waals surface area contributed by atoms with Gasteiger partial charge in [-0.2, -0.15) is 0 Å². The number of nitrogens with zero attached hydrogens (tertiary/aromatic N) is 1. The molecule has 6 nitrogen and oxygen atoms in total. The molecule has 1 atom stereocenters. The Hall–Kier alpha value is -2.02. The second-order valence-electron chi connectivity index (χ2n) is 3.92. The van der Waals surface area contributed by atoms with Crippen molar-refractivity contribution in [2.45, 2.75) is 6.92 Å². The van der Waals surface area contributed by atoms with Crippen molar-refractivity contribution in [2.24, 2.45) is 5.92 Å². The summed E-state index contributed by atoms with van der Waals surface area (Å²) in [6.45, 7) is 1.82. The number of rotatable bonds is 5. The summed E-state index contributed by atoms with van der Waals surface area (Å²) in [4.78, 5) is 21.2. The molecule has 0 fully saturated rings. The van der Waals surface area contributed by atoms with Gasteiger partial charge >= 0.3 is 0 Å². The van der Waals surface area contributed by atoms with Gasteiger partial charge in [0.05, 0.1) is 16.6 Å². The van der Waals surface area contributed by atoms with Gasteiger partial charge in [-0.1, -0.05) is 6.92 Å². The van der Waals surface area contributed by atoms with Crippen molar-refractivity contribution in [3.63, 3.8) is 0 Å². The number of carbonyl (C=O) groups is 1. The predicted molar refractivity (Wildman–Crippen MR) is 61.6 cm³/mol. The molecule has 7 heteroatoms. The van der Waals surface area contributed by atoms with Crippen LogP contribution in [0, 0.1) is 21.8 Å². The zero-order valence-electron chi connectivity index (χ0n) is 9.72. The van der Waals surface area contributed by atoms with Gasteiger partial charge in [0.2, 0.25) is 0 Å². The van der Waals surface area contributed by atoms with Crippen LogP contribution in [0.1, 0.15) is 17.3 Å². The van der Waals surface area contributed by atoms with Gasteiger partial charge in [0.1, 0.15) is 5.82 Å². The fourth-order valence-corrected chi connectivity index (χ4v) is 1.23. The van der Waals surface area contributed by atoms with Crippen LogP contribution < -0.4 is 5.32 Å². The smallest absolute Gasteiger partial charge is 0.272 e. The highest BCUT2D eigenvalue weighted by Gasteiger charge is 2.16. The van der Waals surface area contributed by atoms with E-state index in [1.54, 1.807) is 6.92 Å². The van der Waals surface area contributed by atoms with Crippen molar-refractivity contribution >= 4 is 11.6 Å². The molecule has 0 aliphatic carbocycles. The van der Waals surface area contributed by atoms with Crippen molar-refractivity contribution < 1.29 is 19.2 Å². The summed E-state index contributed by atoms with van der Waals surface area (Å²) >= 11 is 0. The molecule has 0 aliphatic rings. The number of aliphatic hydroxyl groups excluding tert-OH is 1. The summed E-state index contributed by atoms with van der Waals surface area (Å²) in [7, 11) is 0. The molecule has 0 radical (unpaired) electrons. The summed E-state index contributed by atoms with van der Waals surface area (Å²) in [6.07, 6.45) is 0. The van der Waals surface area contributed by atoms with E-state index < -0.39 is 22.3 Å². The number of halogens is 1. The number of nitrogens with one attached hydrogen (secondary N) is 1. The van der Waals surface area contributed by atoms with E-state index in [2.05, 4.69) is 5.32 Å². The van der Waals surface area contributed by atoms with Gasteiger partial charge in [0.25, 0.3) is 11.6 Å². The van der Waals surface area contributed by atoms with Gasteiger partial charge in [-0.3, -0.25) is 14.9 Å². The Labute approximate surface area is 103 Å². The maximum atomic E-state index is 13.5. The third kappa shape index (κ3) is 3.49. The second-order valence-corrected chi connectivity index (χ2v) is 3.92. The maximum Gasteiger partial charge on any atom is 0.272 e. The first-order chi connectivity index (χ1) is 8.45. The number of hydrogen-bond acceptors (Lipinski definition) is 4. The summed E-state index contributed by atoms with van der Waals surface area (Å²) in [5.74, 6) is -1.75. The fourth-order valence-electron chi connectivity index (χ4n) is 1.23. The topological polar surface area (TPSA) is 92.5 Å². The Morgan fingerprint density at radius 1 is 1.61 bits per heavy atom. The first-order valence-electron chi connectivity index (χ1n) is 5.28. The Morgan fingerprint density at radius 3 is 2.78 bits per heavy atom. The maximum absolute atomic E-state index is 13.5. The largest absolute Gasteiger partial charge is 0.396 e. The van der Waals surface area contributed by atoms with Crippen LogP contribution in [-0.4, -0.2) is 29.1 Å². The average molecular weight is 256 g/mol. The number of carbonyl (C=O) groups excluding carboxylic acids is 1. The van der Waals surface area contributed by atoms with E-state index in [0.29, 0.717) is 6.07 Å². The van der Waals surface area contributed by atoms with Gasteiger partial charge in [-0.05, 0) is 12.0 Å². The molecule has 0 saturated carbocycles. The third-order valence-corrected chi connectivity index (χ3v) is 2.33. The van der Waals surface area contributed by atoms with Crippen LogP contribution in [0.25, 0.3) is 0 Å². The molecule has 1 aromatic rings. The highest BCUT2D eigenvalue weighted by atomic mass is 19.1. The molecular weight excluding hydrogens is 243 g/mol. The molecule has 2 N–H and O–H groups in total. The average Bonchev–Trinajstić information content (AvgIpc) is 2.35. The molecule has 1 rings (SSSR count). The van der Waals surface area contributed by atoms with Gasteiger partial charge in [-0.15, -0.1) is 0 Å². The van der Waals surface area contributed by atoms with Crippen LogP contribution in [0.3, 0.4) is 0 Å². The molecule has 0 heterocycles. The molecule has 0 spiro atoms. The van der Waals surface area contributed by atoms with Crippen LogP contribution in [0.15, 0.2) is 18.2 Å². The summed E-state index contributed by atoms with van der Waals surface area (Å²) in [5.41, 5.74) is -0.668. The molecular formula is C11H13FN2O4. The van der Waals surface area contributed by atoms with Crippen LogP contribution >= 0.6 is 0 Å². The fraction of sp³-hybridized carbons (Fsp3) is 0.364. The highest BCUT2D eigenvalue weighted by Crippen LogP contribution is 2.16. The Bertz CT molecular complexity index is 464. The van der Waals surface area contributed by atoms with E-state index in [9.17, 15) is 19.3 Å². The van der Waals surface area contributed by atoms with Gasteiger partial charge in [0, 0.05) is 19.2 Å². The number of nitro benzene ring substituents is 1. The highest BCUT2D eigenvalue weighted by molar-refractivity contribution is 5.94. The van der Waals surface area contributed by atoms with Gasteiger partial charge < -0.3 is 10.4 Å². The molecule has 1 aromatic carbocycles. The van der Waals surface area contributed by atoms with Crippen LogP contribution in [0.4, 0.5) is 10.1 Å². The first-order valence-corrected chi connectivity index (χ1v) is 5.28. The summed E-state index contributed by atoms with van der Waals surface area (Å²) in [6, 6.07) is 2.82. The zero-order valence-corrected chi connectivity index (χ0v) is 9.72. The lowest BCUT2D eigenvalue weighted by Gasteiger charge is -2.09. The Morgan fingerprint density at radius 2 is 2.28 bits per heavy atom. The monoisotopic (exact) mass is 256 g/mol. The number of aliphatic hydroxyl groups is 1. The van der Waals surface area contributed by atoms with E-state index in [4.69, 9.17) is 5.11 Å². The number of non-ortho nitro benzene ring substituents is 1. The minimum atomic E-state index is -0.946. The number of amides is 1. The molecule has 0 aromatic heterocycles. The first kappa shape index (κ1) is 14.0. The lowest BCUT2D eigenvalue weighted by molar-refractivity contribution is -0.385. The van der Waals surface area contributed by atoms with Crippen molar-refractivity contribution in [3.8, 4) is 0 Å². The number of nitro groups is 1. The second kappa shape index (κ2) is 6.06. The third-order valence-electron chi connectivity index (χ3n) is 2.33. The minimum absolute atomic E-state index is 0.0942. The molecule has 1 amide bonds. The molecule has 0 saturated heterocycles. The zero-order chi connectivity index (χ0) is 13.7. The predicted octanol–water partition coefficient (Wildman–Crippen LogP) is 1.09. The molecule has 98 valence electrons.